The van der Waals surface area contributed by atoms with E-state index in [1.54, 1.807) is 6.08 Å². The van der Waals surface area contributed by atoms with Crippen LogP contribution in [0.25, 0.3) is 11.8 Å². The zero-order chi connectivity index (χ0) is 21.8. The third-order valence-corrected chi connectivity index (χ3v) is 5.53. The minimum absolute atomic E-state index is 0.0955. The zero-order valence-electron chi connectivity index (χ0n) is 18.2. The van der Waals surface area contributed by atoms with Gasteiger partial charge in [0.05, 0.1) is 6.04 Å². The molecule has 0 saturated heterocycles. The summed E-state index contributed by atoms with van der Waals surface area (Å²) in [5, 5.41) is 12.5. The number of nitrogens with zero attached hydrogens (tertiary/aromatic N) is 2. The molecule has 4 nitrogen and oxygen atoms in total. The Morgan fingerprint density at radius 1 is 1.03 bits per heavy atom. The number of nitrogens with one attached hydrogen (secondary N) is 1. The van der Waals surface area contributed by atoms with Crippen LogP contribution in [0.4, 0.5) is 0 Å². The largest absolute Gasteiger partial charge is 0.345 e. The lowest BCUT2D eigenvalue weighted by Crippen LogP contribution is -2.27. The molecule has 0 unspecified atom stereocenters. The van der Waals surface area contributed by atoms with Crippen molar-refractivity contribution in [3.63, 3.8) is 0 Å². The van der Waals surface area contributed by atoms with E-state index < -0.39 is 0 Å². The standard InChI is InChI=1S/C26H27N3O/c1-17-11-12-25(13-18(17)2)29-19(3)14-23(21(29)5)15-24(16-27)26(30)28-20(4)22-9-7-6-8-10-22/h6-15,20H,1-5H3,(H,28,30)/b24-15+/t20-/m0/s1. The maximum absolute atomic E-state index is 12.7. The number of aromatic nitrogens is 1. The van der Waals surface area contributed by atoms with Gasteiger partial charge in [0.25, 0.3) is 5.91 Å². The highest BCUT2D eigenvalue weighted by Crippen LogP contribution is 2.24. The molecular weight excluding hydrogens is 370 g/mol. The van der Waals surface area contributed by atoms with Crippen molar-refractivity contribution in [1.82, 2.24) is 9.88 Å². The summed E-state index contributed by atoms with van der Waals surface area (Å²) in [7, 11) is 0. The Balaban J connectivity index is 1.90. The van der Waals surface area contributed by atoms with Gasteiger partial charge in [0, 0.05) is 17.1 Å². The molecule has 4 heteroatoms. The van der Waals surface area contributed by atoms with Crippen molar-refractivity contribution >= 4 is 12.0 Å². The SMILES string of the molecule is Cc1ccc(-n2c(C)cc(/C=C(\C#N)C(=O)N[C@@H](C)c3ccccc3)c2C)cc1C. The normalized spacial score (nSPS) is 12.3. The van der Waals surface area contributed by atoms with Gasteiger partial charge in [-0.15, -0.1) is 0 Å². The summed E-state index contributed by atoms with van der Waals surface area (Å²) in [6, 6.07) is 20.0. The lowest BCUT2D eigenvalue weighted by Gasteiger charge is -2.14. The van der Waals surface area contributed by atoms with Gasteiger partial charge in [-0.05, 0) is 81.1 Å². The average Bonchev–Trinajstić information content (AvgIpc) is 3.01. The highest BCUT2D eigenvalue weighted by atomic mass is 16.1. The maximum atomic E-state index is 12.7. The molecule has 0 bridgehead atoms. The van der Waals surface area contributed by atoms with Gasteiger partial charge in [-0.2, -0.15) is 5.26 Å². The molecular formula is C26H27N3O. The molecule has 2 aromatic carbocycles. The minimum Gasteiger partial charge on any atom is -0.345 e. The summed E-state index contributed by atoms with van der Waals surface area (Å²) in [6.07, 6.45) is 1.67. The Kier molecular flexibility index (Phi) is 6.23. The Morgan fingerprint density at radius 3 is 2.37 bits per heavy atom. The fraction of sp³-hybridized carbons (Fsp3) is 0.231. The predicted octanol–water partition coefficient (Wildman–Crippen LogP) is 5.50. The van der Waals surface area contributed by atoms with Crippen molar-refractivity contribution in [2.45, 2.75) is 40.7 Å². The molecule has 1 amide bonds. The summed E-state index contributed by atoms with van der Waals surface area (Å²) in [6.45, 7) is 10.1. The number of rotatable bonds is 5. The van der Waals surface area contributed by atoms with E-state index in [2.05, 4.69) is 48.0 Å². The molecule has 0 radical (unpaired) electrons. The van der Waals surface area contributed by atoms with Gasteiger partial charge in [0.2, 0.25) is 0 Å². The van der Waals surface area contributed by atoms with Gasteiger partial charge in [-0.3, -0.25) is 4.79 Å². The lowest BCUT2D eigenvalue weighted by atomic mass is 10.1. The van der Waals surface area contributed by atoms with E-state index in [0.717, 1.165) is 28.2 Å². The van der Waals surface area contributed by atoms with Crippen LogP contribution < -0.4 is 5.32 Å². The van der Waals surface area contributed by atoms with Crippen LogP contribution in [0.5, 0.6) is 0 Å². The number of hydrogen-bond donors (Lipinski definition) is 1. The van der Waals surface area contributed by atoms with E-state index in [1.165, 1.54) is 11.1 Å². The second kappa shape index (κ2) is 8.84. The number of hydrogen-bond acceptors (Lipinski definition) is 2. The molecule has 1 heterocycles. The Morgan fingerprint density at radius 2 is 1.73 bits per heavy atom. The highest BCUT2D eigenvalue weighted by Gasteiger charge is 2.16. The molecule has 3 aromatic rings. The minimum atomic E-state index is -0.371. The molecule has 1 N–H and O–H groups in total. The first kappa shape index (κ1) is 21.1. The van der Waals surface area contributed by atoms with Crippen LogP contribution in [0, 0.1) is 39.0 Å². The molecule has 1 aromatic heterocycles. The maximum Gasteiger partial charge on any atom is 0.262 e. The van der Waals surface area contributed by atoms with E-state index in [0.29, 0.717) is 0 Å². The van der Waals surface area contributed by atoms with Crippen LogP contribution >= 0.6 is 0 Å². The summed E-state index contributed by atoms with van der Waals surface area (Å²) in [5.74, 6) is -0.371. The molecule has 0 spiro atoms. The number of aryl methyl sites for hydroxylation is 3. The van der Waals surface area contributed by atoms with Gasteiger partial charge in [-0.25, -0.2) is 0 Å². The van der Waals surface area contributed by atoms with Crippen molar-refractivity contribution in [3.05, 3.63) is 93.8 Å². The summed E-state index contributed by atoms with van der Waals surface area (Å²) in [5.41, 5.74) is 7.55. The molecule has 0 aliphatic carbocycles. The van der Waals surface area contributed by atoms with E-state index in [-0.39, 0.29) is 17.5 Å². The van der Waals surface area contributed by atoms with Crippen molar-refractivity contribution < 1.29 is 4.79 Å². The second-order valence-electron chi connectivity index (χ2n) is 7.71. The molecule has 0 aliphatic heterocycles. The van der Waals surface area contributed by atoms with E-state index >= 15 is 0 Å². The van der Waals surface area contributed by atoms with Gasteiger partial charge in [0.15, 0.2) is 0 Å². The first-order valence-corrected chi connectivity index (χ1v) is 10.1. The monoisotopic (exact) mass is 397 g/mol. The first-order valence-electron chi connectivity index (χ1n) is 10.1. The van der Waals surface area contributed by atoms with Crippen LogP contribution in [-0.4, -0.2) is 10.5 Å². The fourth-order valence-electron chi connectivity index (χ4n) is 3.60. The molecule has 0 aliphatic rings. The first-order chi connectivity index (χ1) is 14.3. The highest BCUT2D eigenvalue weighted by molar-refractivity contribution is 6.02. The van der Waals surface area contributed by atoms with Crippen LogP contribution in [-0.2, 0) is 4.79 Å². The van der Waals surface area contributed by atoms with Crippen LogP contribution in [0.1, 0.15) is 46.6 Å². The van der Waals surface area contributed by atoms with Crippen LogP contribution in [0.15, 0.2) is 60.2 Å². The summed E-state index contributed by atoms with van der Waals surface area (Å²) in [4.78, 5) is 12.7. The van der Waals surface area contributed by atoms with Crippen molar-refractivity contribution in [2.24, 2.45) is 0 Å². The summed E-state index contributed by atoms with van der Waals surface area (Å²) >= 11 is 0. The lowest BCUT2D eigenvalue weighted by molar-refractivity contribution is -0.117. The van der Waals surface area contributed by atoms with Gasteiger partial charge in [0.1, 0.15) is 11.6 Å². The number of nitriles is 1. The molecule has 0 saturated carbocycles. The van der Waals surface area contributed by atoms with E-state index in [9.17, 15) is 10.1 Å². The Labute approximate surface area is 178 Å². The van der Waals surface area contributed by atoms with Crippen molar-refractivity contribution in [3.8, 4) is 11.8 Å². The molecule has 1 atom stereocenters. The van der Waals surface area contributed by atoms with Crippen LogP contribution in [0.3, 0.4) is 0 Å². The van der Waals surface area contributed by atoms with E-state index in [1.807, 2.05) is 57.2 Å². The predicted molar refractivity (Wildman–Crippen MR) is 121 cm³/mol. The fourth-order valence-corrected chi connectivity index (χ4v) is 3.60. The quantitative estimate of drug-likeness (QED) is 0.457. The van der Waals surface area contributed by atoms with Crippen molar-refractivity contribution in [1.29, 1.82) is 5.26 Å². The second-order valence-corrected chi connectivity index (χ2v) is 7.71. The molecule has 152 valence electrons. The smallest absolute Gasteiger partial charge is 0.262 e. The van der Waals surface area contributed by atoms with Gasteiger partial charge >= 0.3 is 0 Å². The zero-order valence-corrected chi connectivity index (χ0v) is 18.2. The molecule has 0 fully saturated rings. The molecule has 3 rings (SSSR count). The van der Waals surface area contributed by atoms with Gasteiger partial charge < -0.3 is 9.88 Å². The Hall–Kier alpha value is -3.58. The number of benzene rings is 2. The van der Waals surface area contributed by atoms with Crippen LogP contribution in [0.2, 0.25) is 0 Å². The number of carbonyl (C=O) groups excluding carboxylic acids is 1. The third-order valence-electron chi connectivity index (χ3n) is 5.53. The molecule has 30 heavy (non-hydrogen) atoms. The van der Waals surface area contributed by atoms with Gasteiger partial charge in [-0.1, -0.05) is 36.4 Å². The van der Waals surface area contributed by atoms with E-state index in [4.69, 9.17) is 0 Å². The third kappa shape index (κ3) is 4.36. The van der Waals surface area contributed by atoms with Crippen molar-refractivity contribution in [2.75, 3.05) is 0 Å². The Bertz CT molecular complexity index is 1150. The summed E-state index contributed by atoms with van der Waals surface area (Å²) < 4.78 is 2.15. The number of carbonyl (C=O) groups is 1. The average molecular weight is 398 g/mol. The topological polar surface area (TPSA) is 57.8 Å². The number of amides is 1.